The molecule has 1 N–H and O–H groups in total. The van der Waals surface area contributed by atoms with Gasteiger partial charge in [0.1, 0.15) is 11.6 Å². The van der Waals surface area contributed by atoms with Crippen molar-refractivity contribution in [2.75, 3.05) is 18.0 Å². The number of benzene rings is 1. The molecule has 6 nitrogen and oxygen atoms in total. The van der Waals surface area contributed by atoms with Gasteiger partial charge in [0.05, 0.1) is 5.54 Å². The van der Waals surface area contributed by atoms with Crippen LogP contribution in [0.15, 0.2) is 40.9 Å². The second-order valence-electron chi connectivity index (χ2n) is 8.23. The standard InChI is InChI=1S/C22H22F2N4O2/c23-15-5-6-17(24)16(12-15)22(7-8-22)27-19(29)11-14-3-2-10-28(13-14)21-26-20-18(30-21)4-1-9-25-20/h1,4-6,9,12,14H,2-3,7-8,10-11,13H2,(H,27,29). The first kappa shape index (κ1) is 19.0. The molecule has 1 aliphatic heterocycles. The van der Waals surface area contributed by atoms with Gasteiger partial charge in [0, 0.05) is 31.3 Å². The Balaban J connectivity index is 1.24. The lowest BCUT2D eigenvalue weighted by Gasteiger charge is -2.31. The number of pyridine rings is 1. The number of aromatic nitrogens is 2. The minimum Gasteiger partial charge on any atom is -0.422 e. The van der Waals surface area contributed by atoms with Crippen LogP contribution < -0.4 is 10.2 Å². The van der Waals surface area contributed by atoms with Gasteiger partial charge in [-0.05, 0) is 61.9 Å². The van der Waals surface area contributed by atoms with Crippen molar-refractivity contribution in [1.82, 2.24) is 15.3 Å². The van der Waals surface area contributed by atoms with E-state index in [9.17, 15) is 13.6 Å². The predicted octanol–water partition coefficient (Wildman–Crippen LogP) is 3.91. The zero-order chi connectivity index (χ0) is 20.7. The first-order chi connectivity index (χ1) is 14.5. The van der Waals surface area contributed by atoms with Gasteiger partial charge in [-0.1, -0.05) is 0 Å². The second-order valence-corrected chi connectivity index (χ2v) is 8.23. The maximum Gasteiger partial charge on any atom is 0.299 e. The van der Waals surface area contributed by atoms with Crippen LogP contribution in [-0.4, -0.2) is 29.0 Å². The smallest absolute Gasteiger partial charge is 0.299 e. The molecule has 0 bridgehead atoms. The molecule has 2 aromatic heterocycles. The third-order valence-electron chi connectivity index (χ3n) is 5.99. The van der Waals surface area contributed by atoms with E-state index in [-0.39, 0.29) is 17.4 Å². The molecule has 1 aromatic carbocycles. The fraction of sp³-hybridized carbons (Fsp3) is 0.409. The topological polar surface area (TPSA) is 71.3 Å². The molecule has 1 aliphatic carbocycles. The molecule has 0 radical (unpaired) electrons. The van der Waals surface area contributed by atoms with Crippen LogP contribution in [0.1, 0.15) is 37.7 Å². The lowest BCUT2D eigenvalue weighted by molar-refractivity contribution is -0.123. The molecule has 1 saturated heterocycles. The molecule has 3 heterocycles. The summed E-state index contributed by atoms with van der Waals surface area (Å²) < 4.78 is 33.6. The number of amides is 1. The summed E-state index contributed by atoms with van der Waals surface area (Å²) in [6.45, 7) is 1.46. The highest BCUT2D eigenvalue weighted by Gasteiger charge is 2.47. The summed E-state index contributed by atoms with van der Waals surface area (Å²) in [5.41, 5.74) is 0.671. The number of fused-ring (bicyclic) bond motifs is 1. The molecule has 1 unspecified atom stereocenters. The maximum absolute atomic E-state index is 14.2. The van der Waals surface area contributed by atoms with E-state index >= 15 is 0 Å². The number of carbonyl (C=O) groups excluding carboxylic acids is 1. The van der Waals surface area contributed by atoms with Crippen LogP contribution in [0.3, 0.4) is 0 Å². The lowest BCUT2D eigenvalue weighted by atomic mass is 9.94. The number of halogens is 2. The number of anilines is 1. The minimum absolute atomic E-state index is 0.134. The summed E-state index contributed by atoms with van der Waals surface area (Å²) >= 11 is 0. The number of nitrogens with zero attached hydrogens (tertiary/aromatic N) is 3. The van der Waals surface area contributed by atoms with Crippen molar-refractivity contribution in [2.45, 2.75) is 37.6 Å². The molecule has 8 heteroatoms. The third kappa shape index (κ3) is 3.62. The monoisotopic (exact) mass is 412 g/mol. The number of hydrogen-bond donors (Lipinski definition) is 1. The number of piperidine rings is 1. The first-order valence-corrected chi connectivity index (χ1v) is 10.3. The fourth-order valence-corrected chi connectivity index (χ4v) is 4.33. The number of nitrogens with one attached hydrogen (secondary N) is 1. The number of hydrogen-bond acceptors (Lipinski definition) is 5. The van der Waals surface area contributed by atoms with Crippen molar-refractivity contribution in [2.24, 2.45) is 5.92 Å². The SMILES string of the molecule is O=C(CC1CCCN(c2nc3ncccc3o2)C1)NC1(c2cc(F)ccc2F)CC1. The van der Waals surface area contributed by atoms with Crippen LogP contribution in [0.25, 0.3) is 11.2 Å². The van der Waals surface area contributed by atoms with Gasteiger partial charge in [-0.25, -0.2) is 13.8 Å². The Morgan fingerprint density at radius 1 is 1.30 bits per heavy atom. The van der Waals surface area contributed by atoms with Crippen molar-refractivity contribution in [3.63, 3.8) is 0 Å². The Morgan fingerprint density at radius 3 is 2.97 bits per heavy atom. The summed E-state index contributed by atoms with van der Waals surface area (Å²) in [6, 6.07) is 7.55. The van der Waals surface area contributed by atoms with E-state index in [1.54, 1.807) is 12.3 Å². The van der Waals surface area contributed by atoms with Crippen molar-refractivity contribution < 1.29 is 18.0 Å². The van der Waals surface area contributed by atoms with E-state index in [0.717, 1.165) is 31.5 Å². The van der Waals surface area contributed by atoms with Gasteiger partial charge in [-0.2, -0.15) is 4.98 Å². The first-order valence-electron chi connectivity index (χ1n) is 10.3. The number of oxazole rings is 1. The molecule has 1 atom stereocenters. The van der Waals surface area contributed by atoms with Gasteiger partial charge in [-0.3, -0.25) is 4.79 Å². The quantitative estimate of drug-likeness (QED) is 0.688. The van der Waals surface area contributed by atoms with Crippen LogP contribution in [0.4, 0.5) is 14.8 Å². The Morgan fingerprint density at radius 2 is 2.17 bits per heavy atom. The van der Waals surface area contributed by atoms with E-state index < -0.39 is 17.2 Å². The Bertz CT molecular complexity index is 1060. The van der Waals surface area contributed by atoms with Gasteiger partial charge in [0.15, 0.2) is 5.58 Å². The van der Waals surface area contributed by atoms with Gasteiger partial charge >= 0.3 is 0 Å². The zero-order valence-electron chi connectivity index (χ0n) is 16.4. The Kier molecular flexibility index (Phi) is 4.64. The maximum atomic E-state index is 14.2. The van der Waals surface area contributed by atoms with Crippen LogP contribution in [-0.2, 0) is 10.3 Å². The number of carbonyl (C=O) groups is 1. The molecule has 30 heavy (non-hydrogen) atoms. The van der Waals surface area contributed by atoms with Crippen LogP contribution >= 0.6 is 0 Å². The number of rotatable bonds is 5. The van der Waals surface area contributed by atoms with Crippen molar-refractivity contribution in [3.05, 3.63) is 53.7 Å². The summed E-state index contributed by atoms with van der Waals surface area (Å²) in [5, 5.41) is 2.96. The van der Waals surface area contributed by atoms with E-state index in [4.69, 9.17) is 4.42 Å². The van der Waals surface area contributed by atoms with Crippen LogP contribution in [0, 0.1) is 17.6 Å². The molecular weight excluding hydrogens is 390 g/mol. The van der Waals surface area contributed by atoms with Crippen LogP contribution in [0.2, 0.25) is 0 Å². The van der Waals surface area contributed by atoms with Crippen molar-refractivity contribution in [1.29, 1.82) is 0 Å². The predicted molar refractivity (Wildman–Crippen MR) is 107 cm³/mol. The molecule has 2 fully saturated rings. The minimum atomic E-state index is -0.774. The van der Waals surface area contributed by atoms with Crippen LogP contribution in [0.5, 0.6) is 0 Å². The summed E-state index contributed by atoms with van der Waals surface area (Å²) in [7, 11) is 0. The average Bonchev–Trinajstić information content (AvgIpc) is 3.37. The normalized spacial score (nSPS) is 20.3. The van der Waals surface area contributed by atoms with E-state index in [2.05, 4.69) is 15.3 Å². The second kappa shape index (κ2) is 7.34. The van der Waals surface area contributed by atoms with Crippen molar-refractivity contribution in [3.8, 4) is 0 Å². The van der Waals surface area contributed by atoms with Crippen molar-refractivity contribution >= 4 is 23.2 Å². The van der Waals surface area contributed by atoms with E-state index in [0.29, 0.717) is 43.1 Å². The summed E-state index contributed by atoms with van der Waals surface area (Å²) in [5.74, 6) is -0.984. The molecule has 3 aromatic rings. The molecule has 1 amide bonds. The average molecular weight is 412 g/mol. The largest absolute Gasteiger partial charge is 0.422 e. The van der Waals surface area contributed by atoms with E-state index in [1.165, 1.54) is 6.07 Å². The summed E-state index contributed by atoms with van der Waals surface area (Å²) in [6.07, 6.45) is 5.08. The fourth-order valence-electron chi connectivity index (χ4n) is 4.33. The van der Waals surface area contributed by atoms with Gasteiger partial charge < -0.3 is 14.6 Å². The van der Waals surface area contributed by atoms with E-state index in [1.807, 2.05) is 11.0 Å². The van der Waals surface area contributed by atoms with Gasteiger partial charge in [0.2, 0.25) is 11.6 Å². The lowest BCUT2D eigenvalue weighted by Crippen LogP contribution is -2.40. The molecule has 0 spiro atoms. The highest BCUT2D eigenvalue weighted by Crippen LogP contribution is 2.46. The zero-order valence-corrected chi connectivity index (χ0v) is 16.4. The summed E-state index contributed by atoms with van der Waals surface area (Å²) in [4.78, 5) is 23.4. The van der Waals surface area contributed by atoms with Gasteiger partial charge in [0.25, 0.3) is 6.01 Å². The Hall–Kier alpha value is -3.03. The molecule has 156 valence electrons. The van der Waals surface area contributed by atoms with Gasteiger partial charge in [-0.15, -0.1) is 0 Å². The molecular formula is C22H22F2N4O2. The highest BCUT2D eigenvalue weighted by atomic mass is 19.1. The Labute approximate surface area is 172 Å². The highest BCUT2D eigenvalue weighted by molar-refractivity contribution is 5.78. The third-order valence-corrected chi connectivity index (χ3v) is 5.99. The molecule has 1 saturated carbocycles. The molecule has 5 rings (SSSR count). The molecule has 2 aliphatic rings.